The standard InChI is InChI=1S/C47H60N2O9Si/c1-33(2)59(34(3)4,35(5)6)57-32-41-43(53-28-36-19-11-7-12-20-36)44(54-29-37-21-13-8-14-22-37)45(58-41)49-42(50)27-40(46(51)55-30-38-23-15-9-16-24-38)48-47(52)56-31-39-25-17-10-18-26-39/h7-26,33-35,40-41,43-45H,27-32H2,1-6H3,(H,48,52)(H,49,50)/t40-,41+,43+,44+,45-/m0/s1. The van der Waals surface area contributed by atoms with Crippen molar-refractivity contribution >= 4 is 26.3 Å². The number of amides is 2. The molecule has 0 saturated carbocycles. The average molecular weight is 825 g/mol. The van der Waals surface area contributed by atoms with E-state index in [1.54, 1.807) is 0 Å². The molecule has 12 heteroatoms. The highest BCUT2D eigenvalue weighted by molar-refractivity contribution is 6.77. The topological polar surface area (TPSA) is 131 Å². The van der Waals surface area contributed by atoms with Crippen LogP contribution in [-0.4, -0.2) is 63.5 Å². The normalized spacial score (nSPS) is 18.5. The van der Waals surface area contributed by atoms with Crippen molar-refractivity contribution in [1.29, 1.82) is 0 Å². The molecule has 59 heavy (non-hydrogen) atoms. The second-order valence-electron chi connectivity index (χ2n) is 15.9. The number of hydrogen-bond acceptors (Lipinski definition) is 9. The van der Waals surface area contributed by atoms with Crippen LogP contribution in [0.5, 0.6) is 0 Å². The zero-order valence-corrected chi connectivity index (χ0v) is 36.1. The van der Waals surface area contributed by atoms with Crippen LogP contribution in [0.2, 0.25) is 16.6 Å². The molecular weight excluding hydrogens is 765 g/mol. The summed E-state index contributed by atoms with van der Waals surface area (Å²) in [7, 11) is -2.34. The molecule has 316 valence electrons. The van der Waals surface area contributed by atoms with E-state index in [0.717, 1.165) is 22.3 Å². The summed E-state index contributed by atoms with van der Waals surface area (Å²) in [4.78, 5) is 40.6. The van der Waals surface area contributed by atoms with E-state index in [0.29, 0.717) is 16.6 Å². The highest BCUT2D eigenvalue weighted by Gasteiger charge is 2.51. The fraction of sp³-hybridized carbons (Fsp3) is 0.426. The molecule has 1 saturated heterocycles. The van der Waals surface area contributed by atoms with Gasteiger partial charge >= 0.3 is 12.1 Å². The van der Waals surface area contributed by atoms with Crippen LogP contribution in [0, 0.1) is 0 Å². The van der Waals surface area contributed by atoms with Crippen molar-refractivity contribution < 1.29 is 42.5 Å². The molecule has 5 atom stereocenters. The molecule has 1 aliphatic heterocycles. The van der Waals surface area contributed by atoms with Crippen LogP contribution in [0.3, 0.4) is 0 Å². The zero-order chi connectivity index (χ0) is 42.2. The molecule has 0 bridgehead atoms. The van der Waals surface area contributed by atoms with E-state index in [1.807, 2.05) is 121 Å². The molecule has 0 unspecified atom stereocenters. The van der Waals surface area contributed by atoms with E-state index in [4.69, 9.17) is 28.1 Å². The van der Waals surface area contributed by atoms with Crippen LogP contribution in [-0.2, 0) is 64.1 Å². The molecule has 2 N–H and O–H groups in total. The molecule has 0 aliphatic carbocycles. The molecule has 1 fully saturated rings. The van der Waals surface area contributed by atoms with Crippen LogP contribution < -0.4 is 10.6 Å². The minimum atomic E-state index is -2.34. The predicted octanol–water partition coefficient (Wildman–Crippen LogP) is 8.62. The summed E-state index contributed by atoms with van der Waals surface area (Å²) in [6, 6.07) is 36.5. The van der Waals surface area contributed by atoms with Crippen molar-refractivity contribution in [1.82, 2.24) is 10.6 Å². The maximum atomic E-state index is 14.0. The molecule has 4 aromatic carbocycles. The maximum absolute atomic E-state index is 14.0. The Morgan fingerprint density at radius 2 is 1.02 bits per heavy atom. The number of alkyl carbamates (subject to hydrolysis) is 1. The van der Waals surface area contributed by atoms with E-state index in [-0.39, 0.29) is 33.0 Å². The first-order chi connectivity index (χ1) is 28.5. The number of rotatable bonds is 21. The number of carbonyl (C=O) groups is 3. The third-order valence-electron chi connectivity index (χ3n) is 10.8. The minimum absolute atomic E-state index is 0.0244. The van der Waals surface area contributed by atoms with Gasteiger partial charge in [-0.3, -0.25) is 4.79 Å². The Kier molecular flexibility index (Phi) is 17.2. The van der Waals surface area contributed by atoms with Crippen molar-refractivity contribution in [3.63, 3.8) is 0 Å². The highest BCUT2D eigenvalue weighted by atomic mass is 28.4. The van der Waals surface area contributed by atoms with E-state index in [1.165, 1.54) is 0 Å². The monoisotopic (exact) mass is 824 g/mol. The fourth-order valence-corrected chi connectivity index (χ4v) is 13.4. The van der Waals surface area contributed by atoms with E-state index in [9.17, 15) is 14.4 Å². The number of ether oxygens (including phenoxy) is 5. The van der Waals surface area contributed by atoms with Crippen molar-refractivity contribution in [2.45, 2.75) is 122 Å². The Hall–Kier alpha value is -4.85. The lowest BCUT2D eigenvalue weighted by molar-refractivity contribution is -0.149. The van der Waals surface area contributed by atoms with E-state index >= 15 is 0 Å². The van der Waals surface area contributed by atoms with Gasteiger partial charge in [0.15, 0.2) is 14.5 Å². The smallest absolute Gasteiger partial charge is 0.408 e. The lowest BCUT2D eigenvalue weighted by Crippen LogP contribution is -2.50. The minimum Gasteiger partial charge on any atom is -0.459 e. The summed E-state index contributed by atoms with van der Waals surface area (Å²) < 4.78 is 38.0. The van der Waals surface area contributed by atoms with Gasteiger partial charge < -0.3 is 38.7 Å². The lowest BCUT2D eigenvalue weighted by atomic mass is 10.1. The van der Waals surface area contributed by atoms with Crippen molar-refractivity contribution in [3.05, 3.63) is 144 Å². The number of nitrogens with one attached hydrogen (secondary N) is 2. The largest absolute Gasteiger partial charge is 0.459 e. The number of carbonyl (C=O) groups excluding carboxylic acids is 3. The summed E-state index contributed by atoms with van der Waals surface area (Å²) in [6.45, 7) is 14.0. The fourth-order valence-electron chi connectivity index (χ4n) is 7.95. The van der Waals surface area contributed by atoms with Crippen LogP contribution in [0.4, 0.5) is 4.79 Å². The Labute approximate surface area is 350 Å². The van der Waals surface area contributed by atoms with Crippen molar-refractivity contribution in [2.24, 2.45) is 0 Å². The van der Waals surface area contributed by atoms with Gasteiger partial charge in [0.2, 0.25) is 5.91 Å². The molecule has 0 aromatic heterocycles. The Bertz CT molecular complexity index is 1840. The van der Waals surface area contributed by atoms with Gasteiger partial charge in [-0.05, 0) is 38.9 Å². The molecule has 0 radical (unpaired) electrons. The Morgan fingerprint density at radius 1 is 0.593 bits per heavy atom. The summed E-state index contributed by atoms with van der Waals surface area (Å²) in [5.74, 6) is -1.37. The van der Waals surface area contributed by atoms with Crippen LogP contribution >= 0.6 is 0 Å². The molecule has 11 nitrogen and oxygen atoms in total. The van der Waals surface area contributed by atoms with Gasteiger partial charge in [0.25, 0.3) is 0 Å². The zero-order valence-electron chi connectivity index (χ0n) is 35.1. The van der Waals surface area contributed by atoms with Gasteiger partial charge in [-0.2, -0.15) is 0 Å². The summed E-state index contributed by atoms with van der Waals surface area (Å²) >= 11 is 0. The predicted molar refractivity (Wildman–Crippen MR) is 228 cm³/mol. The molecule has 0 spiro atoms. The van der Waals surface area contributed by atoms with Gasteiger partial charge in [-0.1, -0.05) is 163 Å². The first-order valence-electron chi connectivity index (χ1n) is 20.5. The molecule has 5 rings (SSSR count). The Morgan fingerprint density at radius 3 is 1.47 bits per heavy atom. The van der Waals surface area contributed by atoms with Crippen molar-refractivity contribution in [3.8, 4) is 0 Å². The van der Waals surface area contributed by atoms with Crippen molar-refractivity contribution in [2.75, 3.05) is 6.61 Å². The third-order valence-corrected chi connectivity index (χ3v) is 16.9. The average Bonchev–Trinajstić information content (AvgIpc) is 3.56. The molecule has 2 amide bonds. The highest BCUT2D eigenvalue weighted by Crippen LogP contribution is 2.43. The molecule has 1 heterocycles. The second-order valence-corrected chi connectivity index (χ2v) is 21.3. The van der Waals surface area contributed by atoms with Gasteiger partial charge in [0, 0.05) is 0 Å². The van der Waals surface area contributed by atoms with Gasteiger partial charge in [-0.25, -0.2) is 9.59 Å². The second kappa shape index (κ2) is 22.5. The third kappa shape index (κ3) is 13.1. The van der Waals surface area contributed by atoms with Crippen LogP contribution in [0.25, 0.3) is 0 Å². The first kappa shape index (κ1) is 45.2. The quantitative estimate of drug-likeness (QED) is 0.0627. The number of hydrogen-bond donors (Lipinski definition) is 2. The van der Waals surface area contributed by atoms with E-state index < -0.39 is 63.3 Å². The van der Waals surface area contributed by atoms with Gasteiger partial charge in [0.05, 0.1) is 26.2 Å². The van der Waals surface area contributed by atoms with Crippen LogP contribution in [0.15, 0.2) is 121 Å². The van der Waals surface area contributed by atoms with E-state index in [2.05, 4.69) is 52.2 Å². The molecule has 1 aliphatic rings. The number of benzene rings is 4. The molecular formula is C47H60N2O9Si. The first-order valence-corrected chi connectivity index (χ1v) is 22.7. The summed E-state index contributed by atoms with van der Waals surface area (Å²) in [6.07, 6.45) is -4.33. The summed E-state index contributed by atoms with van der Waals surface area (Å²) in [5.41, 5.74) is 4.42. The molecule has 4 aromatic rings. The number of esters is 1. The van der Waals surface area contributed by atoms with Gasteiger partial charge in [0.1, 0.15) is 37.6 Å². The maximum Gasteiger partial charge on any atom is 0.408 e. The lowest BCUT2D eigenvalue weighted by Gasteiger charge is -2.43. The van der Waals surface area contributed by atoms with Crippen LogP contribution in [0.1, 0.15) is 70.2 Å². The SMILES string of the molecule is CC(C)[Si](OC[C@H]1O[C@H](NC(=O)C[C@H](NC(=O)OCc2ccccc2)C(=O)OCc2ccccc2)[C@H](OCc2ccccc2)[C@@H]1OCc1ccccc1)(C(C)C)C(C)C. The van der Waals surface area contributed by atoms with Gasteiger partial charge in [-0.15, -0.1) is 0 Å². The summed E-state index contributed by atoms with van der Waals surface area (Å²) in [5, 5.41) is 5.52. The Balaban J connectivity index is 1.38.